The Balaban J connectivity index is 1.65. The zero-order valence-electron chi connectivity index (χ0n) is 20.4. The number of hydrazone groups is 1. The number of benzene rings is 4. The number of nitrogens with one attached hydrogen (secondary N) is 1. The van der Waals surface area contributed by atoms with Crippen LogP contribution in [0, 0.1) is 6.92 Å². The molecule has 0 aliphatic carbocycles. The van der Waals surface area contributed by atoms with Crippen molar-refractivity contribution in [2.45, 2.75) is 6.92 Å². The highest BCUT2D eigenvalue weighted by molar-refractivity contribution is 6.09. The number of aromatic nitrogens is 3. The molecule has 0 bridgehead atoms. The first-order chi connectivity index (χ1) is 18.3. The molecule has 0 fully saturated rings. The fourth-order valence-electron chi connectivity index (χ4n) is 4.60. The molecule has 2 heterocycles. The summed E-state index contributed by atoms with van der Waals surface area (Å²) in [5.74, 6) is 0.652. The maximum absolute atomic E-state index is 4.80. The molecule has 0 aliphatic heterocycles. The highest BCUT2D eigenvalue weighted by Gasteiger charge is 2.24. The Morgan fingerprint density at radius 3 is 2.00 bits per heavy atom. The minimum absolute atomic E-state index is 0.652. The molecule has 178 valence electrons. The predicted molar refractivity (Wildman–Crippen MR) is 152 cm³/mol. The van der Waals surface area contributed by atoms with E-state index in [1.807, 2.05) is 42.5 Å². The molecule has 5 nitrogen and oxygen atoms in total. The Kier molecular flexibility index (Phi) is 6.01. The van der Waals surface area contributed by atoms with Gasteiger partial charge in [-0.2, -0.15) is 5.10 Å². The van der Waals surface area contributed by atoms with Crippen LogP contribution in [0.3, 0.4) is 0 Å². The average molecular weight is 480 g/mol. The Hall–Kier alpha value is -5.03. The van der Waals surface area contributed by atoms with E-state index in [1.165, 1.54) is 5.56 Å². The number of hydrogen-bond donors (Lipinski definition) is 1. The van der Waals surface area contributed by atoms with E-state index in [9.17, 15) is 0 Å². The van der Waals surface area contributed by atoms with Crippen molar-refractivity contribution in [3.8, 4) is 28.1 Å². The zero-order valence-corrected chi connectivity index (χ0v) is 20.4. The summed E-state index contributed by atoms with van der Waals surface area (Å²) < 4.78 is 2.22. The van der Waals surface area contributed by atoms with Crippen LogP contribution in [0.2, 0.25) is 0 Å². The van der Waals surface area contributed by atoms with Crippen molar-refractivity contribution in [2.24, 2.45) is 5.10 Å². The van der Waals surface area contributed by atoms with Crippen LogP contribution in [-0.2, 0) is 0 Å². The SMILES string of the molecule is Cc1ccc(-n2c(-c3ccccc3)c(-c3ccccc3)c3c(N/N=C/c4ccccc4)ncnc32)cc1. The van der Waals surface area contributed by atoms with Gasteiger partial charge in [-0.15, -0.1) is 0 Å². The molecule has 37 heavy (non-hydrogen) atoms. The first-order valence-corrected chi connectivity index (χ1v) is 12.2. The minimum Gasteiger partial charge on any atom is -0.293 e. The maximum atomic E-state index is 4.80. The summed E-state index contributed by atoms with van der Waals surface area (Å²) in [6.45, 7) is 2.10. The molecule has 0 amide bonds. The fraction of sp³-hybridized carbons (Fsp3) is 0.0312. The average Bonchev–Trinajstić information content (AvgIpc) is 3.31. The number of nitrogens with zero attached hydrogens (tertiary/aromatic N) is 4. The molecule has 0 aliphatic rings. The predicted octanol–water partition coefficient (Wildman–Crippen LogP) is 7.51. The number of anilines is 1. The van der Waals surface area contributed by atoms with Gasteiger partial charge in [-0.1, -0.05) is 109 Å². The number of fused-ring (bicyclic) bond motifs is 1. The van der Waals surface area contributed by atoms with E-state index < -0.39 is 0 Å². The first kappa shape index (κ1) is 22.4. The Labute approximate surface area is 215 Å². The highest BCUT2D eigenvalue weighted by atomic mass is 15.3. The molecule has 6 aromatic rings. The van der Waals surface area contributed by atoms with E-state index in [0.717, 1.165) is 44.7 Å². The van der Waals surface area contributed by atoms with Crippen molar-refractivity contribution in [3.63, 3.8) is 0 Å². The topological polar surface area (TPSA) is 55.1 Å². The van der Waals surface area contributed by atoms with Gasteiger partial charge in [-0.3, -0.25) is 9.99 Å². The molecule has 0 spiro atoms. The molecule has 0 unspecified atom stereocenters. The van der Waals surface area contributed by atoms with Gasteiger partial charge < -0.3 is 0 Å². The molecule has 0 atom stereocenters. The lowest BCUT2D eigenvalue weighted by Crippen LogP contribution is -2.00. The molecular weight excluding hydrogens is 454 g/mol. The van der Waals surface area contributed by atoms with Crippen LogP contribution < -0.4 is 5.43 Å². The van der Waals surface area contributed by atoms with Gasteiger partial charge in [0.2, 0.25) is 0 Å². The summed E-state index contributed by atoms with van der Waals surface area (Å²) in [5, 5.41) is 5.43. The third-order valence-electron chi connectivity index (χ3n) is 6.33. The standard InChI is InChI=1S/C32H25N5/c1-23-17-19-27(20-18-23)37-30(26-15-9-4-10-16-26)28(25-13-7-3-8-14-25)29-31(33-22-34-32(29)37)36-35-21-24-11-5-2-6-12-24/h2-22H,1H3,(H,33,34,36)/b35-21+. The van der Waals surface area contributed by atoms with E-state index in [2.05, 4.69) is 99.8 Å². The maximum Gasteiger partial charge on any atom is 0.159 e. The molecule has 0 saturated heterocycles. The first-order valence-electron chi connectivity index (χ1n) is 12.2. The molecule has 6 rings (SSSR count). The second-order valence-corrected chi connectivity index (χ2v) is 8.83. The Morgan fingerprint density at radius 2 is 1.32 bits per heavy atom. The lowest BCUT2D eigenvalue weighted by atomic mass is 9.99. The highest BCUT2D eigenvalue weighted by Crippen LogP contribution is 2.44. The lowest BCUT2D eigenvalue weighted by molar-refractivity contribution is 1.08. The monoisotopic (exact) mass is 479 g/mol. The minimum atomic E-state index is 0.652. The smallest absolute Gasteiger partial charge is 0.159 e. The molecule has 4 aromatic carbocycles. The van der Waals surface area contributed by atoms with Crippen molar-refractivity contribution < 1.29 is 0 Å². The van der Waals surface area contributed by atoms with Crippen molar-refractivity contribution >= 4 is 23.1 Å². The summed E-state index contributed by atoms with van der Waals surface area (Å²) in [4.78, 5) is 9.43. The van der Waals surface area contributed by atoms with Crippen molar-refractivity contribution in [1.29, 1.82) is 0 Å². The van der Waals surface area contributed by atoms with Gasteiger partial charge in [-0.25, -0.2) is 9.97 Å². The van der Waals surface area contributed by atoms with Crippen molar-refractivity contribution in [1.82, 2.24) is 14.5 Å². The Bertz CT molecular complexity index is 1670. The number of hydrogen-bond acceptors (Lipinski definition) is 4. The van der Waals surface area contributed by atoms with E-state index >= 15 is 0 Å². The summed E-state index contributed by atoms with van der Waals surface area (Å²) in [6, 6.07) is 39.4. The van der Waals surface area contributed by atoms with E-state index in [1.54, 1.807) is 12.5 Å². The summed E-state index contributed by atoms with van der Waals surface area (Å²) in [7, 11) is 0. The molecule has 1 N–H and O–H groups in total. The van der Waals surface area contributed by atoms with Gasteiger partial charge in [-0.05, 0) is 35.7 Å². The van der Waals surface area contributed by atoms with Crippen LogP contribution in [0.25, 0.3) is 39.1 Å². The molecule has 5 heteroatoms. The largest absolute Gasteiger partial charge is 0.293 e. The molecule has 2 aromatic heterocycles. The van der Waals surface area contributed by atoms with Crippen LogP contribution in [0.15, 0.2) is 127 Å². The van der Waals surface area contributed by atoms with Gasteiger partial charge >= 0.3 is 0 Å². The quantitative estimate of drug-likeness (QED) is 0.199. The summed E-state index contributed by atoms with van der Waals surface area (Å²) in [5.41, 5.74) is 11.6. The van der Waals surface area contributed by atoms with Gasteiger partial charge in [0, 0.05) is 11.3 Å². The second-order valence-electron chi connectivity index (χ2n) is 8.83. The Morgan fingerprint density at radius 1 is 0.703 bits per heavy atom. The van der Waals surface area contributed by atoms with Gasteiger partial charge in [0.1, 0.15) is 6.33 Å². The normalized spacial score (nSPS) is 11.3. The second kappa shape index (κ2) is 9.91. The molecular formula is C32H25N5. The third-order valence-corrected chi connectivity index (χ3v) is 6.33. The zero-order chi connectivity index (χ0) is 25.0. The van der Waals surface area contributed by atoms with Crippen LogP contribution in [-0.4, -0.2) is 20.7 Å². The van der Waals surface area contributed by atoms with Gasteiger partial charge in [0.05, 0.1) is 17.3 Å². The van der Waals surface area contributed by atoms with Crippen LogP contribution in [0.1, 0.15) is 11.1 Å². The van der Waals surface area contributed by atoms with Crippen molar-refractivity contribution in [3.05, 3.63) is 133 Å². The molecule has 0 radical (unpaired) electrons. The van der Waals surface area contributed by atoms with Crippen LogP contribution >= 0.6 is 0 Å². The number of rotatable bonds is 6. The lowest BCUT2D eigenvalue weighted by Gasteiger charge is -2.13. The van der Waals surface area contributed by atoms with E-state index in [-0.39, 0.29) is 0 Å². The van der Waals surface area contributed by atoms with E-state index in [0.29, 0.717) is 5.82 Å². The number of aryl methyl sites for hydroxylation is 1. The van der Waals surface area contributed by atoms with Crippen LogP contribution in [0.5, 0.6) is 0 Å². The molecule has 0 saturated carbocycles. The van der Waals surface area contributed by atoms with Gasteiger partial charge in [0.25, 0.3) is 0 Å². The van der Waals surface area contributed by atoms with E-state index in [4.69, 9.17) is 4.98 Å². The van der Waals surface area contributed by atoms with Gasteiger partial charge in [0.15, 0.2) is 11.5 Å². The van der Waals surface area contributed by atoms with Crippen LogP contribution in [0.4, 0.5) is 5.82 Å². The summed E-state index contributed by atoms with van der Waals surface area (Å²) >= 11 is 0. The third kappa shape index (κ3) is 4.39. The summed E-state index contributed by atoms with van der Waals surface area (Å²) in [6.07, 6.45) is 3.39. The fourth-order valence-corrected chi connectivity index (χ4v) is 4.60. The van der Waals surface area contributed by atoms with Crippen molar-refractivity contribution in [2.75, 3.05) is 5.43 Å².